The van der Waals surface area contributed by atoms with Crippen LogP contribution in [0.3, 0.4) is 0 Å². The number of hydrogen-bond acceptors (Lipinski definition) is 5. The van der Waals surface area contributed by atoms with Crippen LogP contribution in [0.25, 0.3) is 0 Å². The molecule has 1 atom stereocenters. The van der Waals surface area contributed by atoms with E-state index in [0.29, 0.717) is 23.7 Å². The van der Waals surface area contributed by atoms with Crippen LogP contribution in [0, 0.1) is 13.8 Å². The van der Waals surface area contributed by atoms with Crippen molar-refractivity contribution in [3.8, 4) is 0 Å². The number of nitrogens with zero attached hydrogens (tertiary/aromatic N) is 2. The van der Waals surface area contributed by atoms with Crippen molar-refractivity contribution < 1.29 is 14.3 Å². The average molecular weight is 345 g/mol. The summed E-state index contributed by atoms with van der Waals surface area (Å²) in [6, 6.07) is 9.21. The number of thiazole rings is 1. The van der Waals surface area contributed by atoms with Crippen LogP contribution in [-0.2, 0) is 9.53 Å². The average Bonchev–Trinajstić information content (AvgIpc) is 2.93. The Morgan fingerprint density at radius 2 is 2.04 bits per heavy atom. The fourth-order valence-electron chi connectivity index (χ4n) is 2.61. The van der Waals surface area contributed by atoms with Crippen molar-refractivity contribution >= 4 is 28.8 Å². The molecule has 1 aromatic heterocycles. The molecule has 3 rings (SSSR count). The normalized spacial score (nSPS) is 17.6. The summed E-state index contributed by atoms with van der Waals surface area (Å²) < 4.78 is 5.55. The molecule has 6 nitrogen and oxygen atoms in total. The summed E-state index contributed by atoms with van der Waals surface area (Å²) in [6.07, 6.45) is -0.669. The van der Waals surface area contributed by atoms with Crippen LogP contribution in [0.5, 0.6) is 0 Å². The molecule has 24 heavy (non-hydrogen) atoms. The van der Waals surface area contributed by atoms with Crippen LogP contribution in [0.1, 0.15) is 20.4 Å². The number of ether oxygens (including phenoxy) is 1. The zero-order chi connectivity index (χ0) is 17.1. The van der Waals surface area contributed by atoms with Gasteiger partial charge in [0, 0.05) is 12.2 Å². The Labute approximate surface area is 144 Å². The number of carbonyl (C=O) groups is 2. The lowest BCUT2D eigenvalue weighted by Crippen LogP contribution is -2.50. The van der Waals surface area contributed by atoms with Crippen LogP contribution in [-0.4, -0.2) is 47.5 Å². The molecule has 1 N–H and O–H groups in total. The zero-order valence-electron chi connectivity index (χ0n) is 13.6. The Morgan fingerprint density at radius 3 is 2.71 bits per heavy atom. The number of anilines is 1. The smallest absolute Gasteiger partial charge is 0.266 e. The van der Waals surface area contributed by atoms with Crippen molar-refractivity contribution in [2.75, 3.05) is 25.0 Å². The number of aryl methyl sites for hydroxylation is 2. The Kier molecular flexibility index (Phi) is 4.92. The summed E-state index contributed by atoms with van der Waals surface area (Å²) in [6.45, 7) is 4.77. The SMILES string of the molecule is Cc1nc(C)c(C(=O)N2CCO[C@H](C(=O)Nc3ccccc3)C2)s1. The first-order valence-electron chi connectivity index (χ1n) is 7.75. The first-order valence-corrected chi connectivity index (χ1v) is 8.57. The number of amides is 2. The van der Waals surface area contributed by atoms with Crippen LogP contribution < -0.4 is 5.32 Å². The van der Waals surface area contributed by atoms with Gasteiger partial charge >= 0.3 is 0 Å². The molecule has 0 bridgehead atoms. The van der Waals surface area contributed by atoms with Crippen LogP contribution in [0.4, 0.5) is 5.69 Å². The maximum absolute atomic E-state index is 12.7. The molecule has 0 saturated carbocycles. The molecule has 2 amide bonds. The summed E-state index contributed by atoms with van der Waals surface area (Å²) in [5.74, 6) is -0.324. The van der Waals surface area contributed by atoms with Crippen LogP contribution in [0.15, 0.2) is 30.3 Å². The van der Waals surface area contributed by atoms with Crippen LogP contribution >= 0.6 is 11.3 Å². The van der Waals surface area contributed by atoms with Crippen molar-refractivity contribution in [2.24, 2.45) is 0 Å². The quantitative estimate of drug-likeness (QED) is 0.926. The number of rotatable bonds is 3. The van der Waals surface area contributed by atoms with E-state index in [9.17, 15) is 9.59 Å². The molecule has 1 aromatic carbocycles. The van der Waals surface area contributed by atoms with Crippen molar-refractivity contribution in [2.45, 2.75) is 20.0 Å². The Balaban J connectivity index is 1.66. The third-order valence-electron chi connectivity index (χ3n) is 3.79. The number of para-hydroxylation sites is 1. The summed E-state index contributed by atoms with van der Waals surface area (Å²) >= 11 is 1.38. The van der Waals surface area contributed by atoms with E-state index in [0.717, 1.165) is 10.7 Å². The van der Waals surface area contributed by atoms with E-state index >= 15 is 0 Å². The fraction of sp³-hybridized carbons (Fsp3) is 0.353. The monoisotopic (exact) mass is 345 g/mol. The minimum absolute atomic E-state index is 0.0843. The van der Waals surface area contributed by atoms with Gasteiger partial charge in [-0.15, -0.1) is 11.3 Å². The molecule has 7 heteroatoms. The highest BCUT2D eigenvalue weighted by Crippen LogP contribution is 2.21. The van der Waals surface area contributed by atoms with E-state index in [-0.39, 0.29) is 18.4 Å². The highest BCUT2D eigenvalue weighted by atomic mass is 32.1. The van der Waals surface area contributed by atoms with E-state index in [1.165, 1.54) is 11.3 Å². The highest BCUT2D eigenvalue weighted by molar-refractivity contribution is 7.13. The maximum atomic E-state index is 12.7. The zero-order valence-corrected chi connectivity index (χ0v) is 14.4. The maximum Gasteiger partial charge on any atom is 0.266 e. The minimum Gasteiger partial charge on any atom is -0.365 e. The molecule has 0 aliphatic carbocycles. The van der Waals surface area contributed by atoms with Crippen molar-refractivity contribution in [3.63, 3.8) is 0 Å². The number of aromatic nitrogens is 1. The summed E-state index contributed by atoms with van der Waals surface area (Å²) in [5.41, 5.74) is 1.45. The second-order valence-electron chi connectivity index (χ2n) is 5.61. The van der Waals surface area contributed by atoms with Gasteiger partial charge in [0.15, 0.2) is 6.10 Å². The standard InChI is InChI=1S/C17H19N3O3S/c1-11-15(24-12(2)18-11)17(22)20-8-9-23-14(10-20)16(21)19-13-6-4-3-5-7-13/h3-7,14H,8-10H2,1-2H3,(H,19,21)/t14-/m0/s1. The number of morpholine rings is 1. The molecular weight excluding hydrogens is 326 g/mol. The van der Waals surface area contributed by atoms with Crippen LogP contribution in [0.2, 0.25) is 0 Å². The molecule has 1 fully saturated rings. The number of benzene rings is 1. The van der Waals surface area contributed by atoms with E-state index in [4.69, 9.17) is 4.74 Å². The molecule has 0 radical (unpaired) electrons. The number of carbonyl (C=O) groups excluding carboxylic acids is 2. The predicted molar refractivity (Wildman–Crippen MR) is 92.3 cm³/mol. The van der Waals surface area contributed by atoms with Crippen molar-refractivity contribution in [1.82, 2.24) is 9.88 Å². The van der Waals surface area contributed by atoms with Gasteiger partial charge in [-0.25, -0.2) is 4.98 Å². The predicted octanol–water partition coefficient (Wildman–Crippen LogP) is 2.24. The van der Waals surface area contributed by atoms with Gasteiger partial charge in [0.1, 0.15) is 4.88 Å². The van der Waals surface area contributed by atoms with E-state index < -0.39 is 6.10 Å². The first-order chi connectivity index (χ1) is 11.5. The largest absolute Gasteiger partial charge is 0.365 e. The third kappa shape index (κ3) is 3.63. The third-order valence-corrected chi connectivity index (χ3v) is 4.85. The summed E-state index contributed by atoms with van der Waals surface area (Å²) in [7, 11) is 0. The van der Waals surface area contributed by atoms with Crippen molar-refractivity contribution in [3.05, 3.63) is 45.9 Å². The van der Waals surface area contributed by atoms with Gasteiger partial charge in [0.05, 0.1) is 23.9 Å². The molecule has 1 aliphatic rings. The summed E-state index contributed by atoms with van der Waals surface area (Å²) in [4.78, 5) is 31.6. The Hall–Kier alpha value is -2.25. The lowest BCUT2D eigenvalue weighted by atomic mass is 10.2. The molecule has 2 aromatic rings. The van der Waals surface area contributed by atoms with Gasteiger partial charge in [0.25, 0.3) is 11.8 Å². The lowest BCUT2D eigenvalue weighted by Gasteiger charge is -2.32. The first kappa shape index (κ1) is 16.6. The summed E-state index contributed by atoms with van der Waals surface area (Å²) in [5, 5.41) is 3.68. The molecule has 0 spiro atoms. The Bertz CT molecular complexity index is 745. The molecule has 1 aliphatic heterocycles. The van der Waals surface area contributed by atoms with Gasteiger partial charge in [-0.1, -0.05) is 18.2 Å². The number of hydrogen-bond donors (Lipinski definition) is 1. The van der Waals surface area contributed by atoms with E-state index in [2.05, 4.69) is 10.3 Å². The molecule has 126 valence electrons. The topological polar surface area (TPSA) is 71.5 Å². The van der Waals surface area contributed by atoms with Crippen molar-refractivity contribution in [1.29, 1.82) is 0 Å². The molecule has 0 unspecified atom stereocenters. The lowest BCUT2D eigenvalue weighted by molar-refractivity contribution is -0.131. The van der Waals surface area contributed by atoms with Gasteiger partial charge in [-0.3, -0.25) is 9.59 Å². The number of nitrogens with one attached hydrogen (secondary N) is 1. The van der Waals surface area contributed by atoms with Gasteiger partial charge < -0.3 is 15.0 Å². The van der Waals surface area contributed by atoms with Gasteiger partial charge in [-0.2, -0.15) is 0 Å². The second-order valence-corrected chi connectivity index (χ2v) is 6.82. The second kappa shape index (κ2) is 7.11. The van der Waals surface area contributed by atoms with E-state index in [1.54, 1.807) is 4.90 Å². The minimum atomic E-state index is -0.669. The molecular formula is C17H19N3O3S. The highest BCUT2D eigenvalue weighted by Gasteiger charge is 2.31. The molecule has 2 heterocycles. The fourth-order valence-corrected chi connectivity index (χ4v) is 3.50. The van der Waals surface area contributed by atoms with Gasteiger partial charge in [-0.05, 0) is 26.0 Å². The Morgan fingerprint density at radius 1 is 1.29 bits per heavy atom. The van der Waals surface area contributed by atoms with Gasteiger partial charge in [0.2, 0.25) is 0 Å². The van der Waals surface area contributed by atoms with E-state index in [1.807, 2.05) is 44.2 Å². The molecule has 1 saturated heterocycles.